The molecule has 0 N–H and O–H groups in total. The molecule has 0 fully saturated rings. The number of hydrogen-bond donors (Lipinski definition) is 0. The smallest absolute Gasteiger partial charge is 0.0552 e. The van der Waals surface area contributed by atoms with Gasteiger partial charge in [0, 0.05) is 25.4 Å². The van der Waals surface area contributed by atoms with Crippen molar-refractivity contribution >= 4 is 53.7 Å². The highest BCUT2D eigenvalue weighted by atomic mass is 79.9. The number of nitrogens with zero attached hydrogens (tertiary/aromatic N) is 1. The monoisotopic (exact) mass is 413 g/mol. The molecular weight excluding hydrogens is 402 g/mol. The second kappa shape index (κ2) is 5.25. The van der Waals surface area contributed by atoms with Crippen LogP contribution in [0.1, 0.15) is 5.56 Å². The number of hydrogen-bond acceptors (Lipinski definition) is 0. The van der Waals surface area contributed by atoms with Gasteiger partial charge in [0.2, 0.25) is 0 Å². The first-order valence-electron chi connectivity index (χ1n) is 7.10. The molecule has 0 amide bonds. The van der Waals surface area contributed by atoms with Gasteiger partial charge in [-0.1, -0.05) is 61.7 Å². The van der Waals surface area contributed by atoms with Crippen LogP contribution >= 0.6 is 31.9 Å². The first-order valence-corrected chi connectivity index (χ1v) is 8.69. The van der Waals surface area contributed by atoms with Gasteiger partial charge in [0.1, 0.15) is 0 Å². The fourth-order valence-electron chi connectivity index (χ4n) is 2.97. The zero-order valence-corrected chi connectivity index (χ0v) is 15.1. The van der Waals surface area contributed by atoms with Gasteiger partial charge in [-0.15, -0.1) is 0 Å². The van der Waals surface area contributed by atoms with Crippen LogP contribution in [0.5, 0.6) is 0 Å². The molecule has 108 valence electrons. The van der Waals surface area contributed by atoms with E-state index in [-0.39, 0.29) is 0 Å². The first-order chi connectivity index (χ1) is 10.6. The second-order valence-electron chi connectivity index (χ2n) is 5.47. The van der Waals surface area contributed by atoms with Crippen LogP contribution in [-0.4, -0.2) is 4.57 Å². The Hall–Kier alpha value is -1.58. The molecule has 0 spiro atoms. The largest absolute Gasteiger partial charge is 0.309 e. The van der Waals surface area contributed by atoms with Gasteiger partial charge < -0.3 is 4.57 Å². The summed E-state index contributed by atoms with van der Waals surface area (Å²) in [5.41, 5.74) is 4.88. The minimum atomic E-state index is 1.09. The van der Waals surface area contributed by atoms with E-state index in [0.717, 1.165) is 8.95 Å². The summed E-state index contributed by atoms with van der Waals surface area (Å²) >= 11 is 7.31. The van der Waals surface area contributed by atoms with Crippen LogP contribution in [0.25, 0.3) is 27.5 Å². The summed E-state index contributed by atoms with van der Waals surface area (Å²) in [6, 6.07) is 21.5. The van der Waals surface area contributed by atoms with Crippen LogP contribution in [0.15, 0.2) is 69.6 Å². The van der Waals surface area contributed by atoms with Crippen molar-refractivity contribution in [3.63, 3.8) is 0 Å². The Morgan fingerprint density at radius 2 is 1.59 bits per heavy atom. The third-order valence-electron chi connectivity index (χ3n) is 3.99. The van der Waals surface area contributed by atoms with E-state index in [9.17, 15) is 0 Å². The predicted octanol–water partition coefficient (Wildman–Crippen LogP) is 6.62. The molecular formula is C19H13Br2N. The van der Waals surface area contributed by atoms with Gasteiger partial charge in [-0.05, 0) is 43.3 Å². The molecule has 0 aliphatic rings. The van der Waals surface area contributed by atoms with Crippen molar-refractivity contribution in [2.75, 3.05) is 0 Å². The molecule has 4 aromatic rings. The average Bonchev–Trinajstić information content (AvgIpc) is 2.83. The lowest BCUT2D eigenvalue weighted by atomic mass is 10.2. The van der Waals surface area contributed by atoms with Crippen LogP contribution in [0, 0.1) is 6.92 Å². The molecule has 0 saturated carbocycles. The third-order valence-corrected chi connectivity index (χ3v) is 5.15. The molecule has 0 unspecified atom stereocenters. The Labute approximate surface area is 145 Å². The van der Waals surface area contributed by atoms with Gasteiger partial charge in [0.15, 0.2) is 0 Å². The number of benzene rings is 3. The molecule has 0 atom stereocenters. The van der Waals surface area contributed by atoms with Crippen LogP contribution in [-0.2, 0) is 0 Å². The van der Waals surface area contributed by atoms with Crippen molar-refractivity contribution in [2.24, 2.45) is 0 Å². The van der Waals surface area contributed by atoms with E-state index in [4.69, 9.17) is 0 Å². The Balaban J connectivity index is 2.21. The number of rotatable bonds is 1. The molecule has 1 heterocycles. The molecule has 3 heteroatoms. The van der Waals surface area contributed by atoms with E-state index in [1.807, 2.05) is 0 Å². The highest BCUT2D eigenvalue weighted by Gasteiger charge is 2.14. The van der Waals surface area contributed by atoms with Crippen molar-refractivity contribution in [3.05, 3.63) is 75.2 Å². The van der Waals surface area contributed by atoms with Gasteiger partial charge in [-0.3, -0.25) is 0 Å². The first kappa shape index (κ1) is 14.0. The van der Waals surface area contributed by atoms with Crippen LogP contribution < -0.4 is 0 Å². The number of aryl methyl sites for hydroxylation is 1. The molecule has 1 nitrogen and oxygen atoms in total. The third kappa shape index (κ3) is 2.11. The summed E-state index contributed by atoms with van der Waals surface area (Å²) in [5, 5.41) is 2.51. The van der Waals surface area contributed by atoms with Gasteiger partial charge in [0.25, 0.3) is 0 Å². The minimum absolute atomic E-state index is 1.09. The maximum atomic E-state index is 3.71. The summed E-state index contributed by atoms with van der Waals surface area (Å²) in [5.74, 6) is 0. The summed E-state index contributed by atoms with van der Waals surface area (Å²) in [6.45, 7) is 2.11. The van der Waals surface area contributed by atoms with Crippen molar-refractivity contribution in [1.29, 1.82) is 0 Å². The zero-order valence-electron chi connectivity index (χ0n) is 12.0. The Bertz CT molecular complexity index is 997. The minimum Gasteiger partial charge on any atom is -0.309 e. The number of fused-ring (bicyclic) bond motifs is 3. The maximum absolute atomic E-state index is 3.71. The van der Waals surface area contributed by atoms with E-state index in [1.165, 1.54) is 33.1 Å². The molecule has 0 bridgehead atoms. The number of aromatic nitrogens is 1. The summed E-state index contributed by atoms with van der Waals surface area (Å²) in [4.78, 5) is 0. The van der Waals surface area contributed by atoms with Crippen molar-refractivity contribution < 1.29 is 0 Å². The van der Waals surface area contributed by atoms with Crippen molar-refractivity contribution in [1.82, 2.24) is 4.57 Å². The van der Waals surface area contributed by atoms with E-state index in [1.54, 1.807) is 0 Å². The van der Waals surface area contributed by atoms with Crippen LogP contribution in [0.2, 0.25) is 0 Å². The van der Waals surface area contributed by atoms with Crippen LogP contribution in [0.3, 0.4) is 0 Å². The molecule has 0 aliphatic heterocycles. The lowest BCUT2D eigenvalue weighted by molar-refractivity contribution is 1.17. The fourth-order valence-corrected chi connectivity index (χ4v) is 3.89. The summed E-state index contributed by atoms with van der Waals surface area (Å²) in [7, 11) is 0. The van der Waals surface area contributed by atoms with E-state index >= 15 is 0 Å². The van der Waals surface area contributed by atoms with Crippen molar-refractivity contribution in [3.8, 4) is 5.69 Å². The van der Waals surface area contributed by atoms with E-state index in [0.29, 0.717) is 0 Å². The SMILES string of the molecule is Cc1ccc(-n2c3cc(Br)ccc3c3c(Br)cccc32)cc1. The summed E-state index contributed by atoms with van der Waals surface area (Å²) < 4.78 is 4.54. The Kier molecular flexibility index (Phi) is 3.35. The van der Waals surface area contributed by atoms with Gasteiger partial charge in [-0.25, -0.2) is 0 Å². The molecule has 0 aliphatic carbocycles. The van der Waals surface area contributed by atoms with Gasteiger partial charge in [-0.2, -0.15) is 0 Å². The van der Waals surface area contributed by atoms with Gasteiger partial charge >= 0.3 is 0 Å². The zero-order chi connectivity index (χ0) is 15.3. The lowest BCUT2D eigenvalue weighted by Gasteiger charge is -2.08. The quantitative estimate of drug-likeness (QED) is 0.330. The van der Waals surface area contributed by atoms with Crippen LogP contribution in [0.4, 0.5) is 0 Å². The molecule has 0 radical (unpaired) electrons. The predicted molar refractivity (Wildman–Crippen MR) is 101 cm³/mol. The van der Waals surface area contributed by atoms with E-state index < -0.39 is 0 Å². The topological polar surface area (TPSA) is 4.93 Å². The average molecular weight is 415 g/mol. The highest BCUT2D eigenvalue weighted by molar-refractivity contribution is 9.11. The second-order valence-corrected chi connectivity index (χ2v) is 7.24. The summed E-state index contributed by atoms with van der Waals surface area (Å²) in [6.07, 6.45) is 0. The van der Waals surface area contributed by atoms with E-state index in [2.05, 4.69) is 104 Å². The Morgan fingerprint density at radius 1 is 0.818 bits per heavy atom. The van der Waals surface area contributed by atoms with Crippen molar-refractivity contribution in [2.45, 2.75) is 6.92 Å². The Morgan fingerprint density at radius 3 is 2.36 bits per heavy atom. The molecule has 1 aromatic heterocycles. The standard InChI is InChI=1S/C19H13Br2N/c1-12-5-8-14(9-6-12)22-17-4-2-3-16(21)19(17)15-10-7-13(20)11-18(15)22/h2-11H,1H3. The highest BCUT2D eigenvalue weighted by Crippen LogP contribution is 2.37. The molecule has 0 saturated heterocycles. The van der Waals surface area contributed by atoms with Gasteiger partial charge in [0.05, 0.1) is 11.0 Å². The molecule has 4 rings (SSSR count). The fraction of sp³-hybridized carbons (Fsp3) is 0.0526. The maximum Gasteiger partial charge on any atom is 0.0552 e. The molecule has 3 aromatic carbocycles. The molecule has 22 heavy (non-hydrogen) atoms. The number of halogens is 2. The normalized spacial score (nSPS) is 11.4. The lowest BCUT2D eigenvalue weighted by Crippen LogP contribution is -1.93.